The number of carbonyl (C=O) groups is 1. The van der Waals surface area contributed by atoms with E-state index in [1.165, 1.54) is 6.33 Å². The summed E-state index contributed by atoms with van der Waals surface area (Å²) in [7, 11) is 0. The number of aromatic nitrogens is 3. The Labute approximate surface area is 100 Å². The van der Waals surface area contributed by atoms with Crippen molar-refractivity contribution in [2.24, 2.45) is 5.92 Å². The highest BCUT2D eigenvalue weighted by atomic mass is 16.5. The van der Waals surface area contributed by atoms with Crippen molar-refractivity contribution in [3.05, 3.63) is 12.7 Å². The molecule has 1 aromatic rings. The normalized spacial score (nSPS) is 24.4. The quantitative estimate of drug-likeness (QED) is 0.769. The maximum Gasteiger partial charge on any atom is 0.226 e. The number of amides is 1. The molecule has 0 aliphatic heterocycles. The van der Waals surface area contributed by atoms with Gasteiger partial charge in [-0.1, -0.05) is 0 Å². The molecule has 1 aliphatic carbocycles. The molecule has 1 aliphatic rings. The van der Waals surface area contributed by atoms with Gasteiger partial charge in [-0.3, -0.25) is 9.48 Å². The second-order valence-corrected chi connectivity index (χ2v) is 4.36. The van der Waals surface area contributed by atoms with Gasteiger partial charge in [0.2, 0.25) is 5.91 Å². The van der Waals surface area contributed by atoms with Gasteiger partial charge in [-0.25, -0.2) is 4.98 Å². The predicted octanol–water partition coefficient (Wildman–Crippen LogP) is 0.208. The molecule has 0 radical (unpaired) electrons. The highest BCUT2D eigenvalue weighted by Crippen LogP contribution is 2.33. The van der Waals surface area contributed by atoms with Crippen LogP contribution in [0, 0.1) is 5.92 Å². The predicted molar refractivity (Wildman–Crippen MR) is 61.1 cm³/mol. The summed E-state index contributed by atoms with van der Waals surface area (Å²) in [6, 6.07) is 0.0482. The maximum absolute atomic E-state index is 11.8. The lowest BCUT2D eigenvalue weighted by molar-refractivity contribution is -0.124. The van der Waals surface area contributed by atoms with E-state index in [-0.39, 0.29) is 24.0 Å². The van der Waals surface area contributed by atoms with Gasteiger partial charge in [0.05, 0.1) is 18.6 Å². The van der Waals surface area contributed by atoms with Crippen molar-refractivity contribution < 1.29 is 9.53 Å². The number of rotatable bonds is 6. The van der Waals surface area contributed by atoms with Gasteiger partial charge in [-0.2, -0.15) is 5.10 Å². The highest BCUT2D eigenvalue weighted by molar-refractivity contribution is 5.82. The van der Waals surface area contributed by atoms with E-state index in [9.17, 15) is 4.79 Å². The van der Waals surface area contributed by atoms with Gasteiger partial charge >= 0.3 is 0 Å². The molecule has 1 heterocycles. The summed E-state index contributed by atoms with van der Waals surface area (Å²) >= 11 is 0. The van der Waals surface area contributed by atoms with Gasteiger partial charge in [0.15, 0.2) is 0 Å². The van der Waals surface area contributed by atoms with Crippen LogP contribution in [0.4, 0.5) is 0 Å². The molecule has 0 spiro atoms. The lowest BCUT2D eigenvalue weighted by Crippen LogP contribution is -2.37. The Hall–Kier alpha value is -1.43. The molecular formula is C11H18N4O2. The van der Waals surface area contributed by atoms with Crippen LogP contribution in [-0.4, -0.2) is 39.4 Å². The molecule has 94 valence electrons. The van der Waals surface area contributed by atoms with E-state index < -0.39 is 0 Å². The Morgan fingerprint density at radius 1 is 1.71 bits per heavy atom. The first-order valence-electron chi connectivity index (χ1n) is 5.95. The Morgan fingerprint density at radius 3 is 3.18 bits per heavy atom. The smallest absolute Gasteiger partial charge is 0.226 e. The molecule has 1 saturated carbocycles. The van der Waals surface area contributed by atoms with E-state index in [4.69, 9.17) is 4.74 Å². The van der Waals surface area contributed by atoms with E-state index >= 15 is 0 Å². The monoisotopic (exact) mass is 238 g/mol. The average Bonchev–Trinajstić information content (AvgIpc) is 2.86. The van der Waals surface area contributed by atoms with Crippen LogP contribution >= 0.6 is 0 Å². The summed E-state index contributed by atoms with van der Waals surface area (Å²) in [6.45, 7) is 5.21. The molecule has 3 atom stereocenters. The summed E-state index contributed by atoms with van der Waals surface area (Å²) in [5.41, 5.74) is 0. The Kier molecular flexibility index (Phi) is 3.73. The number of hydrogen-bond acceptors (Lipinski definition) is 4. The number of hydrogen-bond donors (Lipinski definition) is 1. The van der Waals surface area contributed by atoms with Gasteiger partial charge < -0.3 is 10.1 Å². The van der Waals surface area contributed by atoms with Crippen LogP contribution in [0.15, 0.2) is 12.7 Å². The minimum absolute atomic E-state index is 0.0353. The van der Waals surface area contributed by atoms with E-state index in [2.05, 4.69) is 15.4 Å². The molecule has 1 fully saturated rings. The minimum atomic E-state index is 0.0353. The third kappa shape index (κ3) is 3.26. The van der Waals surface area contributed by atoms with Crippen LogP contribution in [0.3, 0.4) is 0 Å². The van der Waals surface area contributed by atoms with Gasteiger partial charge in [0, 0.05) is 12.6 Å². The lowest BCUT2D eigenvalue weighted by atomic mass is 10.3. The second kappa shape index (κ2) is 5.27. The van der Waals surface area contributed by atoms with Crippen molar-refractivity contribution in [2.45, 2.75) is 39.0 Å². The van der Waals surface area contributed by atoms with Crippen LogP contribution in [-0.2, 0) is 16.1 Å². The number of carbonyl (C=O) groups excluding carboxylic acids is 1. The van der Waals surface area contributed by atoms with Crippen molar-refractivity contribution in [3.63, 3.8) is 0 Å². The first-order valence-corrected chi connectivity index (χ1v) is 5.95. The summed E-state index contributed by atoms with van der Waals surface area (Å²) in [5.74, 6) is 0.115. The molecule has 6 nitrogen and oxygen atoms in total. The van der Waals surface area contributed by atoms with Crippen LogP contribution < -0.4 is 5.32 Å². The Balaban J connectivity index is 1.72. The van der Waals surface area contributed by atoms with E-state index in [1.54, 1.807) is 11.0 Å². The van der Waals surface area contributed by atoms with Crippen molar-refractivity contribution >= 4 is 5.91 Å². The van der Waals surface area contributed by atoms with E-state index in [1.807, 2.05) is 13.8 Å². The fraction of sp³-hybridized carbons (Fsp3) is 0.727. The molecule has 1 amide bonds. The van der Waals surface area contributed by atoms with Crippen LogP contribution in [0.1, 0.15) is 20.3 Å². The van der Waals surface area contributed by atoms with Gasteiger partial charge in [-0.15, -0.1) is 0 Å². The molecule has 3 unspecified atom stereocenters. The maximum atomic E-state index is 11.8. The molecule has 1 N–H and O–H groups in total. The van der Waals surface area contributed by atoms with E-state index in [0.717, 1.165) is 6.42 Å². The fourth-order valence-electron chi connectivity index (χ4n) is 1.85. The molecule has 2 rings (SSSR count). The summed E-state index contributed by atoms with van der Waals surface area (Å²) in [6.07, 6.45) is 4.09. The van der Waals surface area contributed by atoms with E-state index in [0.29, 0.717) is 13.2 Å². The zero-order chi connectivity index (χ0) is 12.3. The van der Waals surface area contributed by atoms with Crippen molar-refractivity contribution in [1.82, 2.24) is 20.1 Å². The highest BCUT2D eigenvalue weighted by Gasteiger charge is 2.44. The molecule has 0 aromatic carbocycles. The molecule has 17 heavy (non-hydrogen) atoms. The summed E-state index contributed by atoms with van der Waals surface area (Å²) in [5, 5.41) is 6.96. The molecular weight excluding hydrogens is 220 g/mol. The fourth-order valence-corrected chi connectivity index (χ4v) is 1.85. The van der Waals surface area contributed by atoms with Crippen molar-refractivity contribution in [3.8, 4) is 0 Å². The average molecular weight is 238 g/mol. The summed E-state index contributed by atoms with van der Waals surface area (Å²) in [4.78, 5) is 15.7. The molecule has 0 saturated heterocycles. The number of ether oxygens (including phenoxy) is 1. The molecule has 6 heteroatoms. The van der Waals surface area contributed by atoms with Crippen LogP contribution in [0.2, 0.25) is 0 Å². The summed E-state index contributed by atoms with van der Waals surface area (Å²) < 4.78 is 7.09. The third-order valence-corrected chi connectivity index (χ3v) is 2.77. The molecule has 1 aromatic heterocycles. The Bertz CT molecular complexity index is 366. The topological polar surface area (TPSA) is 69.0 Å². The SMILES string of the molecule is CCOC1CC1C(=O)NC(C)Cn1cncn1. The van der Waals surface area contributed by atoms with Gasteiger partial charge in [-0.05, 0) is 20.3 Å². The first-order chi connectivity index (χ1) is 8.20. The van der Waals surface area contributed by atoms with Crippen LogP contribution in [0.5, 0.6) is 0 Å². The van der Waals surface area contributed by atoms with Gasteiger partial charge in [0.1, 0.15) is 12.7 Å². The lowest BCUT2D eigenvalue weighted by Gasteiger charge is -2.13. The largest absolute Gasteiger partial charge is 0.378 e. The first kappa shape index (κ1) is 12.0. The van der Waals surface area contributed by atoms with Crippen molar-refractivity contribution in [2.75, 3.05) is 6.61 Å². The minimum Gasteiger partial charge on any atom is -0.378 e. The van der Waals surface area contributed by atoms with Crippen molar-refractivity contribution in [1.29, 1.82) is 0 Å². The number of nitrogens with zero attached hydrogens (tertiary/aromatic N) is 3. The standard InChI is InChI=1S/C11H18N4O2/c1-3-17-10-4-9(10)11(16)14-8(2)5-15-7-12-6-13-15/h6-10H,3-5H2,1-2H3,(H,14,16). The third-order valence-electron chi connectivity index (χ3n) is 2.77. The van der Waals surface area contributed by atoms with Crippen LogP contribution in [0.25, 0.3) is 0 Å². The second-order valence-electron chi connectivity index (χ2n) is 4.36. The Morgan fingerprint density at radius 2 is 2.53 bits per heavy atom. The zero-order valence-electron chi connectivity index (χ0n) is 10.2. The zero-order valence-corrected chi connectivity index (χ0v) is 10.2. The molecule has 0 bridgehead atoms. The van der Waals surface area contributed by atoms with Gasteiger partial charge in [0.25, 0.3) is 0 Å². The number of nitrogens with one attached hydrogen (secondary N) is 1.